The number of aryl methyl sites for hydroxylation is 1. The Balaban J connectivity index is 1.98. The molecule has 0 saturated heterocycles. The molecule has 2 nitrogen and oxygen atoms in total. The highest BCUT2D eigenvalue weighted by Crippen LogP contribution is 2.19. The van der Waals surface area contributed by atoms with Crippen LogP contribution in [0.4, 0.5) is 0 Å². The van der Waals surface area contributed by atoms with Gasteiger partial charge in [0.1, 0.15) is 11.5 Å². The monoisotopic (exact) mass is 243 g/mol. The van der Waals surface area contributed by atoms with Crippen LogP contribution in [-0.2, 0) is 6.54 Å². The molecule has 2 heteroatoms. The summed E-state index contributed by atoms with van der Waals surface area (Å²) < 4.78 is 5.59. The van der Waals surface area contributed by atoms with Gasteiger partial charge in [0.05, 0.1) is 6.54 Å². The summed E-state index contributed by atoms with van der Waals surface area (Å²) in [6.07, 6.45) is 2.31. The van der Waals surface area contributed by atoms with Gasteiger partial charge in [-0.3, -0.25) is 0 Å². The topological polar surface area (TPSA) is 25.2 Å². The van der Waals surface area contributed by atoms with Crippen LogP contribution in [0.3, 0.4) is 0 Å². The van der Waals surface area contributed by atoms with E-state index in [0.717, 1.165) is 24.5 Å². The van der Waals surface area contributed by atoms with Gasteiger partial charge in [-0.25, -0.2) is 0 Å². The Hall–Kier alpha value is -1.54. The molecular formula is C16H21NO. The van der Waals surface area contributed by atoms with E-state index in [1.807, 2.05) is 19.1 Å². The molecule has 2 aromatic rings. The van der Waals surface area contributed by atoms with Gasteiger partial charge in [0.2, 0.25) is 0 Å². The van der Waals surface area contributed by atoms with Crippen molar-refractivity contribution in [2.75, 3.05) is 0 Å². The first-order chi connectivity index (χ1) is 8.79. The van der Waals surface area contributed by atoms with Gasteiger partial charge >= 0.3 is 0 Å². The van der Waals surface area contributed by atoms with Crippen molar-refractivity contribution in [3.05, 3.63) is 59.5 Å². The summed E-state index contributed by atoms with van der Waals surface area (Å²) in [5.74, 6) is 1.98. The molecule has 0 aliphatic carbocycles. The largest absolute Gasteiger partial charge is 0.465 e. The number of furan rings is 1. The van der Waals surface area contributed by atoms with Crippen molar-refractivity contribution >= 4 is 0 Å². The Morgan fingerprint density at radius 3 is 2.50 bits per heavy atom. The summed E-state index contributed by atoms with van der Waals surface area (Å²) in [5.41, 5.74) is 1.35. The number of nitrogens with one attached hydrogen (secondary N) is 1. The third-order valence-corrected chi connectivity index (χ3v) is 3.10. The van der Waals surface area contributed by atoms with Crippen molar-refractivity contribution in [3.8, 4) is 0 Å². The van der Waals surface area contributed by atoms with Gasteiger partial charge in [-0.2, -0.15) is 0 Å². The van der Waals surface area contributed by atoms with Gasteiger partial charge in [-0.1, -0.05) is 43.7 Å². The molecule has 1 aromatic carbocycles. The third kappa shape index (κ3) is 3.47. The summed E-state index contributed by atoms with van der Waals surface area (Å²) in [4.78, 5) is 0. The summed E-state index contributed by atoms with van der Waals surface area (Å²) in [6.45, 7) is 4.98. The van der Waals surface area contributed by atoms with Gasteiger partial charge in [-0.15, -0.1) is 0 Å². The molecule has 1 aromatic heterocycles. The Morgan fingerprint density at radius 1 is 1.11 bits per heavy atom. The van der Waals surface area contributed by atoms with Crippen LogP contribution in [0, 0.1) is 6.92 Å². The normalized spacial score (nSPS) is 12.6. The molecule has 18 heavy (non-hydrogen) atoms. The molecule has 0 bridgehead atoms. The Bertz CT molecular complexity index is 461. The lowest BCUT2D eigenvalue weighted by molar-refractivity contribution is 0.423. The van der Waals surface area contributed by atoms with Crippen LogP contribution in [0.5, 0.6) is 0 Å². The van der Waals surface area contributed by atoms with Crippen molar-refractivity contribution < 1.29 is 4.42 Å². The van der Waals surface area contributed by atoms with Crippen molar-refractivity contribution in [1.29, 1.82) is 0 Å². The van der Waals surface area contributed by atoms with E-state index in [1.54, 1.807) is 0 Å². The fourth-order valence-electron chi connectivity index (χ4n) is 2.16. The van der Waals surface area contributed by atoms with Crippen LogP contribution in [0.25, 0.3) is 0 Å². The first-order valence-electron chi connectivity index (χ1n) is 6.63. The lowest BCUT2D eigenvalue weighted by Gasteiger charge is -2.17. The molecule has 96 valence electrons. The minimum atomic E-state index is 0.404. The van der Waals surface area contributed by atoms with E-state index >= 15 is 0 Å². The first kappa shape index (κ1) is 12.9. The lowest BCUT2D eigenvalue weighted by Crippen LogP contribution is -2.20. The number of rotatable bonds is 6. The molecule has 0 spiro atoms. The van der Waals surface area contributed by atoms with Crippen molar-refractivity contribution in [1.82, 2.24) is 5.32 Å². The van der Waals surface area contributed by atoms with E-state index in [9.17, 15) is 0 Å². The Morgan fingerprint density at radius 2 is 1.89 bits per heavy atom. The molecule has 1 atom stereocenters. The quantitative estimate of drug-likeness (QED) is 0.821. The molecule has 0 radical (unpaired) electrons. The zero-order chi connectivity index (χ0) is 12.8. The Kier molecular flexibility index (Phi) is 4.59. The maximum Gasteiger partial charge on any atom is 0.117 e. The van der Waals surface area contributed by atoms with E-state index in [4.69, 9.17) is 4.42 Å². The van der Waals surface area contributed by atoms with Crippen molar-refractivity contribution in [3.63, 3.8) is 0 Å². The van der Waals surface area contributed by atoms with Crippen LogP contribution in [0.15, 0.2) is 46.9 Å². The predicted molar refractivity (Wildman–Crippen MR) is 74.4 cm³/mol. The van der Waals surface area contributed by atoms with Gasteiger partial charge < -0.3 is 9.73 Å². The summed E-state index contributed by atoms with van der Waals surface area (Å²) in [5, 5.41) is 3.57. The zero-order valence-corrected chi connectivity index (χ0v) is 11.1. The molecule has 1 unspecified atom stereocenters. The maximum absolute atomic E-state index is 5.59. The van der Waals surface area contributed by atoms with Crippen LogP contribution in [0.2, 0.25) is 0 Å². The van der Waals surface area contributed by atoms with Gasteiger partial charge in [0, 0.05) is 6.04 Å². The molecule has 1 N–H and O–H groups in total. The average molecular weight is 243 g/mol. The fourth-order valence-corrected chi connectivity index (χ4v) is 2.16. The highest BCUT2D eigenvalue weighted by atomic mass is 16.3. The van der Waals surface area contributed by atoms with E-state index in [1.165, 1.54) is 12.0 Å². The lowest BCUT2D eigenvalue weighted by atomic mass is 10.0. The zero-order valence-electron chi connectivity index (χ0n) is 11.1. The number of hydrogen-bond donors (Lipinski definition) is 1. The van der Waals surface area contributed by atoms with Crippen molar-refractivity contribution in [2.45, 2.75) is 39.3 Å². The summed E-state index contributed by atoms with van der Waals surface area (Å²) in [7, 11) is 0. The molecule has 0 saturated carbocycles. The minimum Gasteiger partial charge on any atom is -0.465 e. The second-order valence-electron chi connectivity index (χ2n) is 4.65. The third-order valence-electron chi connectivity index (χ3n) is 3.10. The molecule has 0 aliphatic rings. The second-order valence-corrected chi connectivity index (χ2v) is 4.65. The molecule has 1 heterocycles. The molecule has 0 fully saturated rings. The highest BCUT2D eigenvalue weighted by Gasteiger charge is 2.10. The highest BCUT2D eigenvalue weighted by molar-refractivity contribution is 5.19. The van der Waals surface area contributed by atoms with E-state index < -0.39 is 0 Å². The minimum absolute atomic E-state index is 0.404. The van der Waals surface area contributed by atoms with Gasteiger partial charge in [-0.05, 0) is 31.0 Å². The molecule has 0 aliphatic heterocycles. The van der Waals surface area contributed by atoms with E-state index in [0.29, 0.717) is 6.04 Å². The number of hydrogen-bond acceptors (Lipinski definition) is 2. The van der Waals surface area contributed by atoms with Gasteiger partial charge in [0.25, 0.3) is 0 Å². The van der Waals surface area contributed by atoms with Gasteiger partial charge in [0.15, 0.2) is 0 Å². The maximum atomic E-state index is 5.59. The summed E-state index contributed by atoms with van der Waals surface area (Å²) >= 11 is 0. The van der Waals surface area contributed by atoms with E-state index in [-0.39, 0.29) is 0 Å². The van der Waals surface area contributed by atoms with Crippen molar-refractivity contribution in [2.24, 2.45) is 0 Å². The SMILES string of the molecule is CCCC(NCc1ccc(C)o1)c1ccccc1. The average Bonchev–Trinajstić information content (AvgIpc) is 2.81. The smallest absolute Gasteiger partial charge is 0.117 e. The first-order valence-corrected chi connectivity index (χ1v) is 6.63. The van der Waals surface area contributed by atoms with Crippen LogP contribution in [-0.4, -0.2) is 0 Å². The molecule has 2 rings (SSSR count). The van der Waals surface area contributed by atoms with Crippen LogP contribution < -0.4 is 5.32 Å². The molecule has 0 amide bonds. The fraction of sp³-hybridized carbons (Fsp3) is 0.375. The Labute approximate surface area is 109 Å². The second kappa shape index (κ2) is 6.41. The predicted octanol–water partition coefficient (Wildman–Crippen LogP) is 4.22. The standard InChI is InChI=1S/C16H21NO/c1-3-7-16(14-8-5-4-6-9-14)17-12-15-11-10-13(2)18-15/h4-6,8-11,16-17H,3,7,12H2,1-2H3. The van der Waals surface area contributed by atoms with E-state index in [2.05, 4.69) is 42.6 Å². The molecular weight excluding hydrogens is 222 g/mol. The number of benzene rings is 1. The van der Waals surface area contributed by atoms with Crippen LogP contribution in [0.1, 0.15) is 42.9 Å². The van der Waals surface area contributed by atoms with Crippen LogP contribution >= 0.6 is 0 Å². The summed E-state index contributed by atoms with van der Waals surface area (Å²) in [6, 6.07) is 15.1.